The lowest BCUT2D eigenvalue weighted by Crippen LogP contribution is -2.54. The smallest absolute Gasteiger partial charge is 0.309 e. The lowest BCUT2D eigenvalue weighted by molar-refractivity contribution is -0.161. The van der Waals surface area contributed by atoms with Gasteiger partial charge in [-0.3, -0.25) is 14.6 Å². The summed E-state index contributed by atoms with van der Waals surface area (Å²) in [6, 6.07) is 0.0836. The first kappa shape index (κ1) is 26.2. The number of aliphatic hydroxyl groups is 2. The number of Topliss-reactive ketones (excluding diaryl/α,β-unsaturated/α-hetero) is 1. The monoisotopic (exact) mass is 477 g/mol. The Labute approximate surface area is 202 Å². The lowest BCUT2D eigenvalue weighted by atomic mass is 9.60. The summed E-state index contributed by atoms with van der Waals surface area (Å²) in [6.07, 6.45) is 5.28. The van der Waals surface area contributed by atoms with Crippen LogP contribution in [-0.2, 0) is 14.3 Å². The van der Waals surface area contributed by atoms with Crippen LogP contribution in [0.15, 0.2) is 28.3 Å². The van der Waals surface area contributed by atoms with Crippen LogP contribution in [-0.4, -0.2) is 57.1 Å². The van der Waals surface area contributed by atoms with Gasteiger partial charge in [0.15, 0.2) is 0 Å². The van der Waals surface area contributed by atoms with Gasteiger partial charge in [-0.05, 0) is 57.9 Å². The van der Waals surface area contributed by atoms with Crippen molar-refractivity contribution in [3.05, 3.63) is 23.3 Å². The zero-order chi connectivity index (χ0) is 24.3. The Hall–Kier alpha value is -1.44. The number of carbonyl (C=O) groups excluding carboxylic acids is 2. The largest absolute Gasteiger partial charge is 0.457 e. The second-order valence-corrected chi connectivity index (χ2v) is 11.6. The average molecular weight is 478 g/mol. The number of fused-ring (bicyclic) bond motifs is 2. The summed E-state index contributed by atoms with van der Waals surface area (Å²) >= 11 is 1.73. The van der Waals surface area contributed by atoms with Crippen LogP contribution in [0.3, 0.4) is 0 Å². The quantitative estimate of drug-likeness (QED) is 0.456. The number of thioether (sulfide) groups is 1. The summed E-state index contributed by atoms with van der Waals surface area (Å²) in [5.74, 6) is -0.417. The second kappa shape index (κ2) is 10.9. The van der Waals surface area contributed by atoms with Crippen LogP contribution in [0.5, 0.6) is 0 Å². The first-order valence-electron chi connectivity index (χ1n) is 12.1. The maximum Gasteiger partial charge on any atom is 0.309 e. The van der Waals surface area contributed by atoms with Gasteiger partial charge in [0.1, 0.15) is 11.9 Å². The van der Waals surface area contributed by atoms with Crippen LogP contribution < -0.4 is 0 Å². The minimum atomic E-state index is -1.14. The van der Waals surface area contributed by atoms with E-state index in [0.29, 0.717) is 12.8 Å². The molecule has 7 atom stereocenters. The lowest BCUT2D eigenvalue weighted by Gasteiger charge is -2.45. The molecule has 0 amide bonds. The summed E-state index contributed by atoms with van der Waals surface area (Å²) in [5.41, 5.74) is 1.04. The van der Waals surface area contributed by atoms with E-state index < -0.39 is 35.6 Å². The predicted octanol–water partition coefficient (Wildman–Crippen LogP) is 4.24. The van der Waals surface area contributed by atoms with Crippen molar-refractivity contribution in [3.63, 3.8) is 0 Å². The fourth-order valence-corrected chi connectivity index (χ4v) is 6.22. The number of ketones is 1. The van der Waals surface area contributed by atoms with Gasteiger partial charge in [0, 0.05) is 18.1 Å². The number of nitrogens with zero attached hydrogens (tertiary/aromatic N) is 1. The minimum Gasteiger partial charge on any atom is -0.457 e. The van der Waals surface area contributed by atoms with Crippen molar-refractivity contribution in [1.29, 1.82) is 0 Å². The Kier molecular flexibility index (Phi) is 8.62. The Bertz CT molecular complexity index is 850. The van der Waals surface area contributed by atoms with E-state index in [2.05, 4.69) is 24.1 Å². The average Bonchev–Trinajstić information content (AvgIpc) is 3.16. The van der Waals surface area contributed by atoms with E-state index in [4.69, 9.17) is 4.74 Å². The minimum absolute atomic E-state index is 0.0729. The van der Waals surface area contributed by atoms with Gasteiger partial charge < -0.3 is 14.9 Å². The molecule has 1 saturated carbocycles. The molecule has 0 aromatic heterocycles. The van der Waals surface area contributed by atoms with Crippen molar-refractivity contribution in [2.75, 3.05) is 5.75 Å². The van der Waals surface area contributed by atoms with E-state index in [0.717, 1.165) is 41.2 Å². The zero-order valence-electron chi connectivity index (χ0n) is 20.5. The Morgan fingerprint density at radius 3 is 2.67 bits per heavy atom. The van der Waals surface area contributed by atoms with Crippen molar-refractivity contribution in [3.8, 4) is 0 Å². The number of cyclic esters (lactones) is 1. The van der Waals surface area contributed by atoms with E-state index in [1.165, 1.54) is 0 Å². The van der Waals surface area contributed by atoms with Gasteiger partial charge in [-0.2, -0.15) is 0 Å². The molecule has 2 bridgehead atoms. The maximum atomic E-state index is 13.1. The molecule has 0 saturated heterocycles. The molecule has 0 radical (unpaired) electrons. The van der Waals surface area contributed by atoms with E-state index in [-0.39, 0.29) is 24.2 Å². The molecule has 2 aliphatic heterocycles. The molecule has 0 aromatic carbocycles. The maximum absolute atomic E-state index is 13.1. The third kappa shape index (κ3) is 6.17. The summed E-state index contributed by atoms with van der Waals surface area (Å²) in [7, 11) is 0. The number of hydrogen-bond acceptors (Lipinski definition) is 7. The first-order valence-corrected chi connectivity index (χ1v) is 13.1. The van der Waals surface area contributed by atoms with Gasteiger partial charge in [-0.25, -0.2) is 0 Å². The topological polar surface area (TPSA) is 96.2 Å². The molecule has 3 aliphatic rings. The summed E-state index contributed by atoms with van der Waals surface area (Å²) < 4.78 is 5.88. The van der Waals surface area contributed by atoms with E-state index in [1.807, 2.05) is 13.8 Å². The molecular formula is C26H39NO5S. The Morgan fingerprint density at radius 2 is 2.00 bits per heavy atom. The number of aliphatic imine (C=N–C) groups is 1. The van der Waals surface area contributed by atoms with E-state index in [9.17, 15) is 19.8 Å². The highest BCUT2D eigenvalue weighted by Gasteiger charge is 2.51. The van der Waals surface area contributed by atoms with Gasteiger partial charge in [0.25, 0.3) is 0 Å². The summed E-state index contributed by atoms with van der Waals surface area (Å²) in [4.78, 5) is 30.6. The molecule has 0 spiro atoms. The van der Waals surface area contributed by atoms with Gasteiger partial charge in [-0.1, -0.05) is 31.6 Å². The number of esters is 1. The SMILES string of the molecule is CC1=NC(/C=C(\C)[C@@H]2C/C(C)=C\CCC[C@@H]3C[C@@](C)(C(=O)[C@@H](C)[C@@H]3O)[C@@H](O)CC(=O)O2)CS1. The first-order chi connectivity index (χ1) is 15.5. The highest BCUT2D eigenvalue weighted by atomic mass is 32.2. The highest BCUT2D eigenvalue weighted by Crippen LogP contribution is 2.44. The fourth-order valence-electron chi connectivity index (χ4n) is 5.42. The molecule has 3 rings (SSSR count). The van der Waals surface area contributed by atoms with Crippen LogP contribution >= 0.6 is 11.8 Å². The molecule has 1 unspecified atom stereocenters. The number of allylic oxidation sites excluding steroid dienone is 1. The third-order valence-corrected chi connectivity index (χ3v) is 8.61. The van der Waals surface area contributed by atoms with Crippen molar-refractivity contribution in [2.45, 2.75) is 97.5 Å². The number of rotatable bonds is 2. The van der Waals surface area contributed by atoms with Gasteiger partial charge in [0.05, 0.1) is 35.1 Å². The van der Waals surface area contributed by atoms with Crippen LogP contribution in [0.2, 0.25) is 0 Å². The number of aliphatic hydroxyl groups excluding tert-OH is 2. The molecule has 0 aromatic rings. The molecule has 1 fully saturated rings. The van der Waals surface area contributed by atoms with Crippen molar-refractivity contribution < 1.29 is 24.5 Å². The summed E-state index contributed by atoms with van der Waals surface area (Å²) in [5, 5.41) is 22.8. The number of hydrogen-bond donors (Lipinski definition) is 2. The molecule has 1 aliphatic carbocycles. The second-order valence-electron chi connectivity index (χ2n) is 10.3. The predicted molar refractivity (Wildman–Crippen MR) is 132 cm³/mol. The molecule has 6 nitrogen and oxygen atoms in total. The Morgan fingerprint density at radius 1 is 1.27 bits per heavy atom. The number of carbonyl (C=O) groups is 2. The zero-order valence-corrected chi connectivity index (χ0v) is 21.4. The summed E-state index contributed by atoms with van der Waals surface area (Å²) in [6.45, 7) is 9.49. The molecule has 2 N–H and O–H groups in total. The standard InChI is InChI=1S/C26H39NO5S/c1-15-8-6-7-9-19-13-26(5,25(31)17(3)24(19)30)22(28)12-23(29)32-21(10-15)16(2)11-20-14-33-18(4)27-20/h8,11,17,19-22,24,28,30H,6-7,9-10,12-14H2,1-5H3/b15-8-,16-11+/t17-,19+,20?,21-,22-,24-,26+/m0/s1. The van der Waals surface area contributed by atoms with Gasteiger partial charge in [-0.15, -0.1) is 11.8 Å². The van der Waals surface area contributed by atoms with Crippen LogP contribution in [0.25, 0.3) is 0 Å². The van der Waals surface area contributed by atoms with Crippen molar-refractivity contribution in [2.24, 2.45) is 22.2 Å². The highest BCUT2D eigenvalue weighted by molar-refractivity contribution is 8.14. The molecular weight excluding hydrogens is 438 g/mol. The molecule has 2 heterocycles. The van der Waals surface area contributed by atoms with Crippen molar-refractivity contribution >= 4 is 28.6 Å². The molecule has 33 heavy (non-hydrogen) atoms. The van der Waals surface area contributed by atoms with Crippen LogP contribution in [0.1, 0.15) is 73.1 Å². The normalized spacial score (nSPS) is 41.0. The van der Waals surface area contributed by atoms with E-state index >= 15 is 0 Å². The Balaban J connectivity index is 1.85. The number of ether oxygens (including phenoxy) is 1. The molecule has 7 heteroatoms. The van der Waals surface area contributed by atoms with Gasteiger partial charge in [0.2, 0.25) is 0 Å². The third-order valence-electron chi connectivity index (χ3n) is 7.58. The van der Waals surface area contributed by atoms with Crippen LogP contribution in [0.4, 0.5) is 0 Å². The van der Waals surface area contributed by atoms with Crippen molar-refractivity contribution in [1.82, 2.24) is 0 Å². The van der Waals surface area contributed by atoms with E-state index in [1.54, 1.807) is 25.6 Å². The fraction of sp³-hybridized carbons (Fsp3) is 0.731. The van der Waals surface area contributed by atoms with Crippen LogP contribution in [0, 0.1) is 17.3 Å². The van der Waals surface area contributed by atoms with Gasteiger partial charge >= 0.3 is 5.97 Å². The molecule has 184 valence electrons.